The number of nitrogens with zero attached hydrogens (tertiary/aromatic N) is 7. The van der Waals surface area contributed by atoms with Crippen LogP contribution in [0.3, 0.4) is 0 Å². The Morgan fingerprint density at radius 1 is 0.687 bits per heavy atom. The molecule has 0 aliphatic carbocycles. The normalized spacial score (nSPS) is 10.6. The van der Waals surface area contributed by atoms with Crippen molar-refractivity contribution in [2.45, 2.75) is 12.8 Å². The number of nitrogen functional groups attached to an aromatic ring is 1. The Hall–Kier alpha value is -6.26. The smallest absolute Gasteiger partial charge is 0.662 e. The van der Waals surface area contributed by atoms with Crippen molar-refractivity contribution in [2.75, 3.05) is 133 Å². The first-order valence-corrected chi connectivity index (χ1v) is 31.1. The van der Waals surface area contributed by atoms with E-state index in [0.29, 0.717) is 78.6 Å². The van der Waals surface area contributed by atoms with E-state index in [2.05, 4.69) is 74.4 Å². The zero-order chi connectivity index (χ0) is 61.3. The number of halogens is 3. The van der Waals surface area contributed by atoms with Gasteiger partial charge in [0.25, 0.3) is 6.47 Å². The number of hydrogen-bond donors (Lipinski definition) is 6. The van der Waals surface area contributed by atoms with Crippen LogP contribution in [-0.2, 0) is 34.8 Å². The molecule has 6 rings (SSSR count). The van der Waals surface area contributed by atoms with Crippen LogP contribution < -0.4 is 92.1 Å². The molecule has 0 bridgehead atoms. The van der Waals surface area contributed by atoms with Gasteiger partial charge in [-0.2, -0.15) is 9.97 Å². The Kier molecular flexibility index (Phi) is 31.4. The molecule has 7 N–H and O–H groups in total. The summed E-state index contributed by atoms with van der Waals surface area (Å²) in [6.45, 7) is 15.8. The van der Waals surface area contributed by atoms with Crippen LogP contribution in [0.4, 0.5) is 63.3 Å². The quantitative estimate of drug-likeness (QED) is 0.00565. The van der Waals surface area contributed by atoms with Gasteiger partial charge < -0.3 is 75.8 Å². The number of para-hydroxylation sites is 2. The average Bonchev–Trinajstić information content (AvgIpc) is 3.61. The van der Waals surface area contributed by atoms with Crippen LogP contribution in [0.2, 0.25) is 10.0 Å². The molecule has 442 valence electrons. The zero-order valence-corrected chi connectivity index (χ0v) is 54.7. The van der Waals surface area contributed by atoms with Crippen molar-refractivity contribution in [3.63, 3.8) is 0 Å². The zero-order valence-electron chi connectivity index (χ0n) is 48.7. The molecule has 83 heavy (non-hydrogen) atoms. The standard InChI is InChI=1S/C27H35ClN7O3P.C24H32ClN6O2P.C3H3ClO.CH2O3.Na/c1-8-25(36)30-20-15-21(23(38-5)16-22(20)35(4)14-13-34(2)3)32-27-29-17-18(28)26(33-27)31-19-11-9-10-12-24(19)39(6,7)37;1-31(2)12-8-9-16-13-21(33-3)20(14-18(16)26)29-24-27-15-17(25)23(30-24)28-19-10-6-7-11-22(19)34(4,5)32;1-2-3(4)5;2-1-4-3;/h8-12,15-17H,1,13-14H2,2-7H3,(H,30,36)(H2,29,31,32,33);6-7,10-11,13-15H,8-9,12,26H2,1-5H3,(H2,27,28,29,30);2H,1H2;1,3H;/q;;;;+1/p-1. The average molecular weight is 1250 g/mol. The van der Waals surface area contributed by atoms with Crippen LogP contribution in [0.1, 0.15) is 12.0 Å². The van der Waals surface area contributed by atoms with E-state index >= 15 is 0 Å². The maximum Gasteiger partial charge on any atom is 1.00 e. The van der Waals surface area contributed by atoms with Gasteiger partial charge in [0, 0.05) is 42.5 Å². The summed E-state index contributed by atoms with van der Waals surface area (Å²) in [4.78, 5) is 56.9. The van der Waals surface area contributed by atoms with Crippen molar-refractivity contribution < 1.29 is 72.7 Å². The van der Waals surface area contributed by atoms with E-state index in [1.165, 1.54) is 18.5 Å². The van der Waals surface area contributed by atoms with Crippen molar-refractivity contribution in [1.82, 2.24) is 29.7 Å². The van der Waals surface area contributed by atoms with E-state index in [0.717, 1.165) is 55.1 Å². The number of anilines is 11. The molecular formula is C55H71Cl3N13NaO9P2. The van der Waals surface area contributed by atoms with E-state index in [1.807, 2.05) is 107 Å². The molecule has 0 aliphatic heterocycles. The number of nitrogens with two attached hydrogens (primary N) is 1. The molecule has 0 saturated carbocycles. The number of nitrogens with one attached hydrogen (secondary N) is 5. The first kappa shape index (κ1) is 72.8. The Balaban J connectivity index is 0.000000492. The predicted octanol–water partition coefficient (Wildman–Crippen LogP) is 6.32. The van der Waals surface area contributed by atoms with Gasteiger partial charge in [-0.3, -0.25) is 14.4 Å². The molecule has 0 saturated heterocycles. The number of methoxy groups -OCH3 is 2. The maximum absolute atomic E-state index is 12.8. The Labute approximate surface area is 522 Å². The SMILES string of the molecule is C=CC(=O)Cl.C=CC(=O)Nc1cc(Nc2ncc(Cl)c(Nc3ccccc3P(C)(C)=O)n2)c(OC)cc1N(C)CCN(C)C.COc1cc(CCCN(C)C)c(N)cc1Nc1ncc(Cl)c(Nc2ccccc2P(C)(C)=O)n1.O=CO[O-].[Na+]. The fourth-order valence-corrected chi connectivity index (χ4v) is 9.83. The van der Waals surface area contributed by atoms with Gasteiger partial charge in [-0.05, 0) is 146 Å². The fraction of sp³-hybridized carbons (Fsp3) is 0.291. The number of carbonyl (C=O) groups is 3. The number of amides is 1. The number of rotatable bonds is 24. The third-order valence-electron chi connectivity index (χ3n) is 11.2. The molecule has 4 aromatic carbocycles. The van der Waals surface area contributed by atoms with Crippen molar-refractivity contribution in [3.05, 3.63) is 126 Å². The van der Waals surface area contributed by atoms with E-state index in [1.54, 1.807) is 46.9 Å². The monoisotopic (exact) mass is 1250 g/mol. The summed E-state index contributed by atoms with van der Waals surface area (Å²) in [6, 6.07) is 22.1. The number of ether oxygens (including phenoxy) is 2. The summed E-state index contributed by atoms with van der Waals surface area (Å²) in [5.41, 5.74) is 11.9. The Morgan fingerprint density at radius 3 is 1.54 bits per heavy atom. The van der Waals surface area contributed by atoms with Crippen molar-refractivity contribution >= 4 is 141 Å². The first-order valence-electron chi connectivity index (χ1n) is 24.8. The van der Waals surface area contributed by atoms with Crippen molar-refractivity contribution in [2.24, 2.45) is 0 Å². The molecule has 2 aromatic heterocycles. The molecule has 1 amide bonds. The summed E-state index contributed by atoms with van der Waals surface area (Å²) < 4.78 is 36.7. The molecule has 0 radical (unpaired) electrons. The van der Waals surface area contributed by atoms with Gasteiger partial charge in [0.1, 0.15) is 35.8 Å². The fourth-order valence-electron chi connectivity index (χ4n) is 7.24. The van der Waals surface area contributed by atoms with E-state index in [4.69, 9.17) is 60.1 Å². The molecule has 0 aliphatic rings. The van der Waals surface area contributed by atoms with Crippen molar-refractivity contribution in [1.29, 1.82) is 0 Å². The number of aryl methyl sites for hydroxylation is 1. The summed E-state index contributed by atoms with van der Waals surface area (Å²) >= 11 is 17.5. The summed E-state index contributed by atoms with van der Waals surface area (Å²) in [6.07, 6.45) is 7.07. The third-order valence-corrected chi connectivity index (χ3v) is 15.0. The van der Waals surface area contributed by atoms with Crippen molar-refractivity contribution in [3.8, 4) is 11.5 Å². The molecular weight excluding hydrogens is 1180 g/mol. The molecule has 0 unspecified atom stereocenters. The summed E-state index contributed by atoms with van der Waals surface area (Å²) in [5, 5.41) is 25.6. The van der Waals surface area contributed by atoms with Gasteiger partial charge in [0.2, 0.25) is 23.0 Å². The topological polar surface area (TPSA) is 284 Å². The number of carbonyl (C=O) groups excluding carboxylic acids is 3. The van der Waals surface area contributed by atoms with Gasteiger partial charge in [-0.1, -0.05) is 60.6 Å². The van der Waals surface area contributed by atoms with Gasteiger partial charge in [0.15, 0.2) is 11.6 Å². The first-order chi connectivity index (χ1) is 38.7. The summed E-state index contributed by atoms with van der Waals surface area (Å²) in [7, 11) is 8.15. The van der Waals surface area contributed by atoms with Crippen LogP contribution in [-0.4, -0.2) is 143 Å². The second-order valence-electron chi connectivity index (χ2n) is 18.9. The van der Waals surface area contributed by atoms with Crippen LogP contribution in [0, 0.1) is 0 Å². The second kappa shape index (κ2) is 35.8. The molecule has 2 heterocycles. The van der Waals surface area contributed by atoms with Gasteiger partial charge in [0.05, 0.1) is 60.7 Å². The van der Waals surface area contributed by atoms with E-state index < -0.39 is 19.5 Å². The Morgan fingerprint density at radius 2 is 1.13 bits per heavy atom. The minimum Gasteiger partial charge on any atom is -0.662 e. The molecule has 22 nitrogen and oxygen atoms in total. The van der Waals surface area contributed by atoms with Gasteiger partial charge >= 0.3 is 29.6 Å². The Bertz CT molecular complexity index is 3250. The summed E-state index contributed by atoms with van der Waals surface area (Å²) in [5.74, 6) is 2.12. The molecule has 0 spiro atoms. The van der Waals surface area contributed by atoms with E-state index in [-0.39, 0.29) is 47.9 Å². The van der Waals surface area contributed by atoms with Gasteiger partial charge in [-0.25, -0.2) is 9.97 Å². The number of aromatic nitrogens is 4. The molecule has 0 atom stereocenters. The number of likely N-dealkylation sites (N-methyl/N-ethyl adjacent to an activating group) is 2. The van der Waals surface area contributed by atoms with Gasteiger partial charge in [-0.15, -0.1) is 0 Å². The molecule has 28 heteroatoms. The largest absolute Gasteiger partial charge is 1.00 e. The predicted molar refractivity (Wildman–Crippen MR) is 334 cm³/mol. The number of benzene rings is 4. The number of hydrogen-bond acceptors (Lipinski definition) is 21. The third kappa shape index (κ3) is 24.5. The molecule has 0 fully saturated rings. The van der Waals surface area contributed by atoms with Crippen LogP contribution >= 0.6 is 49.1 Å². The second-order valence-corrected chi connectivity index (χ2v) is 26.4. The van der Waals surface area contributed by atoms with Crippen LogP contribution in [0.5, 0.6) is 11.5 Å². The minimum atomic E-state index is -2.56. The maximum atomic E-state index is 12.8. The van der Waals surface area contributed by atoms with Crippen LogP contribution in [0.25, 0.3) is 0 Å². The number of allylic oxidation sites excluding steroid dienone is 1. The molecule has 6 aromatic rings. The minimum absolute atomic E-state index is 0. The van der Waals surface area contributed by atoms with E-state index in [9.17, 15) is 18.7 Å². The van der Waals surface area contributed by atoms with Crippen LogP contribution in [0.15, 0.2) is 111 Å².